The molecule has 8 nitrogen and oxygen atoms in total. The minimum Gasteiger partial charge on any atom is -0.344 e. The van der Waals surface area contributed by atoms with Gasteiger partial charge in [0.05, 0.1) is 17.0 Å². The van der Waals surface area contributed by atoms with E-state index in [2.05, 4.69) is 15.5 Å². The van der Waals surface area contributed by atoms with Crippen LogP contribution < -0.4 is 11.2 Å². The van der Waals surface area contributed by atoms with Crippen LogP contribution in [0.3, 0.4) is 0 Å². The molecule has 2 aromatic carbocycles. The van der Waals surface area contributed by atoms with Crippen molar-refractivity contribution in [1.82, 2.24) is 25.1 Å². The lowest BCUT2D eigenvalue weighted by atomic mass is 9.98. The largest absolute Gasteiger partial charge is 0.344 e. The smallest absolute Gasteiger partial charge is 0.234 e. The maximum Gasteiger partial charge on any atom is 0.234 e. The number of nitrogens with two attached hydrogens (primary N) is 1. The number of carbonyl (C=O) groups is 2. The molecule has 1 unspecified atom stereocenters. The van der Waals surface area contributed by atoms with Gasteiger partial charge in [0.1, 0.15) is 0 Å². The first-order chi connectivity index (χ1) is 16.4. The molecular formula is C24H30N6O2S2. The maximum absolute atomic E-state index is 13.1. The second-order valence-electron chi connectivity index (χ2n) is 7.51. The van der Waals surface area contributed by atoms with Crippen molar-refractivity contribution in [2.24, 2.45) is 0 Å². The summed E-state index contributed by atoms with van der Waals surface area (Å²) in [4.78, 5) is 27.1. The number of benzene rings is 2. The van der Waals surface area contributed by atoms with Crippen LogP contribution in [-0.2, 0) is 9.59 Å². The SMILES string of the molecule is CCN(CC)C(=O)CSc1nnc(SC(C)C(=O)NC(c2ccccc2)c2ccccc2)n1N. The average Bonchev–Trinajstić information content (AvgIpc) is 3.21. The molecule has 34 heavy (non-hydrogen) atoms. The van der Waals surface area contributed by atoms with Gasteiger partial charge < -0.3 is 16.1 Å². The monoisotopic (exact) mass is 498 g/mol. The van der Waals surface area contributed by atoms with E-state index in [0.717, 1.165) is 11.1 Å². The lowest BCUT2D eigenvalue weighted by molar-refractivity contribution is -0.128. The molecular weight excluding hydrogens is 468 g/mol. The zero-order chi connectivity index (χ0) is 24.5. The Hall–Kier alpha value is -2.98. The number of thioether (sulfide) groups is 2. The van der Waals surface area contributed by atoms with Crippen molar-refractivity contribution in [3.8, 4) is 0 Å². The molecule has 0 aliphatic carbocycles. The van der Waals surface area contributed by atoms with Gasteiger partial charge >= 0.3 is 0 Å². The number of amides is 2. The summed E-state index contributed by atoms with van der Waals surface area (Å²) in [5.41, 5.74) is 2.00. The van der Waals surface area contributed by atoms with Crippen molar-refractivity contribution < 1.29 is 9.59 Å². The van der Waals surface area contributed by atoms with Crippen LogP contribution in [0.5, 0.6) is 0 Å². The summed E-state index contributed by atoms with van der Waals surface area (Å²) < 4.78 is 1.33. The number of nitrogen functional groups attached to an aromatic ring is 1. The Balaban J connectivity index is 1.65. The van der Waals surface area contributed by atoms with Crippen LogP contribution >= 0.6 is 23.5 Å². The molecule has 1 heterocycles. The predicted molar refractivity (Wildman–Crippen MR) is 137 cm³/mol. The molecule has 0 bridgehead atoms. The third kappa shape index (κ3) is 6.54. The molecule has 0 fully saturated rings. The lowest BCUT2D eigenvalue weighted by Crippen LogP contribution is -2.35. The molecule has 3 rings (SSSR count). The van der Waals surface area contributed by atoms with E-state index in [1.165, 1.54) is 28.2 Å². The topological polar surface area (TPSA) is 106 Å². The summed E-state index contributed by atoms with van der Waals surface area (Å²) in [6, 6.07) is 19.4. The number of rotatable bonds is 11. The van der Waals surface area contributed by atoms with Gasteiger partial charge in [0.25, 0.3) is 0 Å². The normalized spacial score (nSPS) is 11.9. The molecule has 1 atom stereocenters. The molecule has 0 spiro atoms. The summed E-state index contributed by atoms with van der Waals surface area (Å²) in [7, 11) is 0. The second-order valence-corrected chi connectivity index (χ2v) is 9.76. The highest BCUT2D eigenvalue weighted by Crippen LogP contribution is 2.27. The van der Waals surface area contributed by atoms with Crippen LogP contribution in [0.15, 0.2) is 71.0 Å². The van der Waals surface area contributed by atoms with Crippen LogP contribution in [-0.4, -0.2) is 55.7 Å². The van der Waals surface area contributed by atoms with E-state index in [0.29, 0.717) is 23.4 Å². The standard InChI is InChI=1S/C24H30N6O2S2/c1-4-29(5-2)20(31)16-33-23-27-28-24(30(23)25)34-17(3)22(32)26-21(18-12-8-6-9-13-18)19-14-10-7-11-15-19/h6-15,17,21H,4-5,16,25H2,1-3H3,(H,26,32). The van der Waals surface area contributed by atoms with E-state index in [9.17, 15) is 9.59 Å². The molecule has 10 heteroatoms. The highest BCUT2D eigenvalue weighted by Gasteiger charge is 2.24. The fraction of sp³-hybridized carbons (Fsp3) is 0.333. The Morgan fingerprint density at radius 2 is 1.50 bits per heavy atom. The second kappa shape index (κ2) is 12.5. The highest BCUT2D eigenvalue weighted by atomic mass is 32.2. The Bertz CT molecular complexity index is 1030. The van der Waals surface area contributed by atoms with Crippen LogP contribution in [0.4, 0.5) is 0 Å². The Morgan fingerprint density at radius 1 is 0.971 bits per heavy atom. The van der Waals surface area contributed by atoms with Gasteiger partial charge in [0.15, 0.2) is 0 Å². The molecule has 3 N–H and O–H groups in total. The van der Waals surface area contributed by atoms with Crippen LogP contribution in [0.2, 0.25) is 0 Å². The fourth-order valence-electron chi connectivity index (χ4n) is 3.36. The Labute approximate surface area is 208 Å². The molecule has 0 radical (unpaired) electrons. The number of nitrogens with zero attached hydrogens (tertiary/aromatic N) is 4. The molecule has 0 saturated heterocycles. The van der Waals surface area contributed by atoms with Gasteiger partial charge in [-0.2, -0.15) is 0 Å². The first-order valence-corrected chi connectivity index (χ1v) is 13.0. The van der Waals surface area contributed by atoms with Gasteiger partial charge in [-0.25, -0.2) is 4.68 Å². The molecule has 2 amide bonds. The zero-order valence-corrected chi connectivity index (χ0v) is 21.2. The fourth-order valence-corrected chi connectivity index (χ4v) is 4.95. The van der Waals surface area contributed by atoms with Crippen molar-refractivity contribution in [2.45, 2.75) is 42.4 Å². The van der Waals surface area contributed by atoms with Crippen LogP contribution in [0.1, 0.15) is 37.9 Å². The molecule has 3 aromatic rings. The number of hydrogen-bond acceptors (Lipinski definition) is 7. The summed E-state index contributed by atoms with van der Waals surface area (Å²) in [6.07, 6.45) is 0. The van der Waals surface area contributed by atoms with E-state index in [1.54, 1.807) is 11.8 Å². The molecule has 0 aliphatic rings. The molecule has 0 aliphatic heterocycles. The number of carbonyl (C=O) groups excluding carboxylic acids is 2. The van der Waals surface area contributed by atoms with Crippen molar-refractivity contribution >= 4 is 35.3 Å². The minimum atomic E-state index is -0.461. The first-order valence-electron chi connectivity index (χ1n) is 11.1. The zero-order valence-electron chi connectivity index (χ0n) is 19.5. The molecule has 1 aromatic heterocycles. The quantitative estimate of drug-likeness (QED) is 0.308. The van der Waals surface area contributed by atoms with E-state index in [-0.39, 0.29) is 23.6 Å². The summed E-state index contributed by atoms with van der Waals surface area (Å²) >= 11 is 2.46. The van der Waals surface area contributed by atoms with Gasteiger partial charge in [0.2, 0.25) is 22.1 Å². The van der Waals surface area contributed by atoms with Gasteiger partial charge in [-0.1, -0.05) is 84.2 Å². The van der Waals surface area contributed by atoms with E-state index in [4.69, 9.17) is 5.84 Å². The van der Waals surface area contributed by atoms with Gasteiger partial charge in [-0.3, -0.25) is 9.59 Å². The van der Waals surface area contributed by atoms with Crippen molar-refractivity contribution in [1.29, 1.82) is 0 Å². The average molecular weight is 499 g/mol. The minimum absolute atomic E-state index is 0.0211. The summed E-state index contributed by atoms with van der Waals surface area (Å²) in [5, 5.41) is 11.7. The van der Waals surface area contributed by atoms with E-state index >= 15 is 0 Å². The third-order valence-corrected chi connectivity index (χ3v) is 7.26. The summed E-state index contributed by atoms with van der Waals surface area (Å²) in [5.74, 6) is 6.26. The van der Waals surface area contributed by atoms with E-state index in [1.807, 2.05) is 74.5 Å². The van der Waals surface area contributed by atoms with Crippen molar-refractivity contribution in [3.63, 3.8) is 0 Å². The first kappa shape index (κ1) is 25.6. The summed E-state index contributed by atoms with van der Waals surface area (Å²) in [6.45, 7) is 7.01. The molecule has 0 saturated carbocycles. The van der Waals surface area contributed by atoms with Gasteiger partial charge in [-0.05, 0) is 31.9 Å². The predicted octanol–water partition coefficient (Wildman–Crippen LogP) is 3.34. The number of aromatic nitrogens is 3. The lowest BCUT2D eigenvalue weighted by Gasteiger charge is -2.22. The Morgan fingerprint density at radius 3 is 2.03 bits per heavy atom. The van der Waals surface area contributed by atoms with Gasteiger partial charge in [-0.15, -0.1) is 10.2 Å². The highest BCUT2D eigenvalue weighted by molar-refractivity contribution is 8.00. The number of nitrogens with one attached hydrogen (secondary N) is 1. The van der Waals surface area contributed by atoms with E-state index < -0.39 is 5.25 Å². The third-order valence-electron chi connectivity index (χ3n) is 5.28. The van der Waals surface area contributed by atoms with Crippen molar-refractivity contribution in [3.05, 3.63) is 71.8 Å². The number of hydrogen-bond donors (Lipinski definition) is 2. The van der Waals surface area contributed by atoms with Crippen LogP contribution in [0.25, 0.3) is 0 Å². The maximum atomic E-state index is 13.1. The van der Waals surface area contributed by atoms with Gasteiger partial charge in [0, 0.05) is 13.1 Å². The van der Waals surface area contributed by atoms with Crippen LogP contribution in [0, 0.1) is 0 Å². The Kier molecular flexibility index (Phi) is 9.41. The van der Waals surface area contributed by atoms with Crippen molar-refractivity contribution in [2.75, 3.05) is 24.7 Å². The molecule has 180 valence electrons.